The third-order valence-corrected chi connectivity index (χ3v) is 10.0. The second-order valence-electron chi connectivity index (χ2n) is 11.6. The second kappa shape index (κ2) is 9.68. The molecule has 6 atom stereocenters. The number of carbonyl (C=O) groups excluding carboxylic acids is 1. The summed E-state index contributed by atoms with van der Waals surface area (Å²) in [4.78, 5) is 11.7. The molecular weight excluding hydrogens is 454 g/mol. The molecule has 4 aliphatic carbocycles. The van der Waals surface area contributed by atoms with Gasteiger partial charge in [0.25, 0.3) is 0 Å². The van der Waals surface area contributed by atoms with Crippen LogP contribution >= 0.6 is 12.2 Å². The zero-order valence-corrected chi connectivity index (χ0v) is 22.1. The summed E-state index contributed by atoms with van der Waals surface area (Å²) >= 11 is 5.44. The SMILES string of the molecule is CC(=O)OC1CCC2C3CCC4=C/C(=N/NC(=S)NCc5ccccc5)CCC4(C)C3CCC12C. The van der Waals surface area contributed by atoms with Gasteiger partial charge in [-0.1, -0.05) is 49.8 Å². The Hall–Kier alpha value is -2.21. The number of benzene rings is 1. The van der Waals surface area contributed by atoms with Gasteiger partial charge in [-0.05, 0) is 98.4 Å². The first-order valence-corrected chi connectivity index (χ1v) is 13.7. The Balaban J connectivity index is 1.23. The lowest BCUT2D eigenvalue weighted by atomic mass is 9.47. The number of hydrazone groups is 1. The number of nitrogens with zero attached hydrogens (tertiary/aromatic N) is 1. The van der Waals surface area contributed by atoms with Crippen molar-refractivity contribution < 1.29 is 9.53 Å². The molecule has 6 unspecified atom stereocenters. The molecule has 0 spiro atoms. The summed E-state index contributed by atoms with van der Waals surface area (Å²) in [5.41, 5.74) is 7.35. The summed E-state index contributed by atoms with van der Waals surface area (Å²) in [6.45, 7) is 7.16. The first-order valence-electron chi connectivity index (χ1n) is 13.3. The van der Waals surface area contributed by atoms with E-state index in [1.54, 1.807) is 12.5 Å². The van der Waals surface area contributed by atoms with E-state index in [0.29, 0.717) is 17.6 Å². The lowest BCUT2D eigenvalue weighted by Gasteiger charge is -2.58. The van der Waals surface area contributed by atoms with E-state index in [2.05, 4.69) is 47.9 Å². The summed E-state index contributed by atoms with van der Waals surface area (Å²) in [6, 6.07) is 10.3. The molecule has 5 nitrogen and oxygen atoms in total. The Morgan fingerprint density at radius 3 is 2.66 bits per heavy atom. The monoisotopic (exact) mass is 493 g/mol. The van der Waals surface area contributed by atoms with E-state index in [1.807, 2.05) is 18.2 Å². The molecular formula is C29H39N3O2S. The van der Waals surface area contributed by atoms with Crippen molar-refractivity contribution in [3.63, 3.8) is 0 Å². The predicted molar refractivity (Wildman–Crippen MR) is 144 cm³/mol. The van der Waals surface area contributed by atoms with Crippen LogP contribution < -0.4 is 10.7 Å². The molecule has 2 N–H and O–H groups in total. The molecule has 5 rings (SSSR count). The topological polar surface area (TPSA) is 62.7 Å². The molecule has 4 aliphatic rings. The minimum atomic E-state index is -0.123. The van der Waals surface area contributed by atoms with Crippen LogP contribution in [-0.4, -0.2) is 22.9 Å². The lowest BCUT2D eigenvalue weighted by Crippen LogP contribution is -2.51. The minimum absolute atomic E-state index is 0.103. The fourth-order valence-electron chi connectivity index (χ4n) is 7.95. The number of esters is 1. The highest BCUT2D eigenvalue weighted by Crippen LogP contribution is 2.65. The van der Waals surface area contributed by atoms with Gasteiger partial charge in [0.15, 0.2) is 5.11 Å². The molecule has 188 valence electrons. The van der Waals surface area contributed by atoms with Gasteiger partial charge in [-0.2, -0.15) is 5.10 Å². The van der Waals surface area contributed by atoms with Crippen molar-refractivity contribution in [2.24, 2.45) is 33.7 Å². The first-order chi connectivity index (χ1) is 16.8. The zero-order valence-electron chi connectivity index (χ0n) is 21.3. The highest BCUT2D eigenvalue weighted by Gasteiger charge is 2.59. The van der Waals surface area contributed by atoms with E-state index >= 15 is 0 Å². The number of thiocarbonyl (C=S) groups is 1. The largest absolute Gasteiger partial charge is 0.462 e. The fourth-order valence-corrected chi connectivity index (χ4v) is 8.06. The normalized spacial score (nSPS) is 36.9. The van der Waals surface area contributed by atoms with Gasteiger partial charge in [0, 0.05) is 18.9 Å². The average Bonchev–Trinajstić information content (AvgIpc) is 3.17. The van der Waals surface area contributed by atoms with Crippen molar-refractivity contribution >= 4 is 29.0 Å². The van der Waals surface area contributed by atoms with Crippen LogP contribution in [-0.2, 0) is 16.1 Å². The Morgan fingerprint density at radius 1 is 1.09 bits per heavy atom. The number of hydrogen-bond donors (Lipinski definition) is 2. The smallest absolute Gasteiger partial charge is 0.302 e. The van der Waals surface area contributed by atoms with Crippen LogP contribution in [0.15, 0.2) is 47.1 Å². The Kier molecular flexibility index (Phi) is 6.77. The van der Waals surface area contributed by atoms with E-state index in [4.69, 9.17) is 17.0 Å². The van der Waals surface area contributed by atoms with Gasteiger partial charge in [0.1, 0.15) is 6.10 Å². The molecule has 1 aromatic rings. The highest BCUT2D eigenvalue weighted by molar-refractivity contribution is 7.80. The van der Waals surface area contributed by atoms with Crippen molar-refractivity contribution in [2.75, 3.05) is 0 Å². The predicted octanol–water partition coefficient (Wildman–Crippen LogP) is 5.90. The van der Waals surface area contributed by atoms with Gasteiger partial charge < -0.3 is 10.1 Å². The standard InChI is InChI=1S/C29H39N3O2S/c1-19(33)34-26-12-11-24-23-10-9-21-17-22(13-15-28(21,2)25(23)14-16-29(24,26)3)31-32-27(35)30-18-20-7-5-4-6-8-20/h4-8,17,23-26H,9-16,18H2,1-3H3,(H2,30,32,35)/b31-22+. The maximum atomic E-state index is 11.7. The van der Waals surface area contributed by atoms with E-state index in [0.717, 1.165) is 43.2 Å². The number of allylic oxidation sites excluding steroid dienone is 2. The molecule has 0 aromatic heterocycles. The summed E-state index contributed by atoms with van der Waals surface area (Å²) in [5, 5.41) is 8.46. The summed E-state index contributed by atoms with van der Waals surface area (Å²) in [5.74, 6) is 2.01. The first kappa shape index (κ1) is 24.5. The van der Waals surface area contributed by atoms with Crippen molar-refractivity contribution in [1.82, 2.24) is 10.7 Å². The third kappa shape index (κ3) is 4.66. The number of carbonyl (C=O) groups is 1. The molecule has 0 aliphatic heterocycles. The highest BCUT2D eigenvalue weighted by atomic mass is 32.1. The molecule has 1 aromatic carbocycles. The fraction of sp³-hybridized carbons (Fsp3) is 0.621. The van der Waals surface area contributed by atoms with Crippen molar-refractivity contribution in [3.8, 4) is 0 Å². The Morgan fingerprint density at radius 2 is 1.89 bits per heavy atom. The lowest BCUT2D eigenvalue weighted by molar-refractivity contribution is -0.157. The maximum Gasteiger partial charge on any atom is 0.302 e. The van der Waals surface area contributed by atoms with Crippen LogP contribution in [0.1, 0.15) is 77.7 Å². The van der Waals surface area contributed by atoms with Crippen molar-refractivity contribution in [3.05, 3.63) is 47.5 Å². The van der Waals surface area contributed by atoms with Crippen LogP contribution in [0.25, 0.3) is 0 Å². The number of fused-ring (bicyclic) bond motifs is 5. The van der Waals surface area contributed by atoms with Crippen LogP contribution in [0.3, 0.4) is 0 Å². The number of ether oxygens (including phenoxy) is 1. The van der Waals surface area contributed by atoms with Gasteiger partial charge in [-0.3, -0.25) is 10.2 Å². The summed E-state index contributed by atoms with van der Waals surface area (Å²) < 4.78 is 5.81. The maximum absolute atomic E-state index is 11.7. The number of rotatable bonds is 4. The molecule has 0 saturated heterocycles. The molecule has 3 fully saturated rings. The summed E-state index contributed by atoms with van der Waals surface area (Å²) in [7, 11) is 0. The van der Waals surface area contributed by atoms with Gasteiger partial charge in [0.2, 0.25) is 0 Å². The van der Waals surface area contributed by atoms with Crippen molar-refractivity contribution in [1.29, 1.82) is 0 Å². The summed E-state index contributed by atoms with van der Waals surface area (Å²) in [6.07, 6.45) is 11.6. The van der Waals surface area contributed by atoms with Gasteiger partial charge in [-0.25, -0.2) is 0 Å². The molecule has 35 heavy (non-hydrogen) atoms. The molecule has 6 heteroatoms. The van der Waals surface area contributed by atoms with E-state index in [1.165, 1.54) is 31.2 Å². The van der Waals surface area contributed by atoms with Crippen molar-refractivity contribution in [2.45, 2.75) is 84.8 Å². The zero-order chi connectivity index (χ0) is 24.6. The molecule has 0 radical (unpaired) electrons. The van der Waals surface area contributed by atoms with Crippen LogP contribution in [0.4, 0.5) is 0 Å². The van der Waals surface area contributed by atoms with Crippen LogP contribution in [0, 0.1) is 28.6 Å². The quantitative estimate of drug-likeness (QED) is 0.311. The van der Waals surface area contributed by atoms with E-state index < -0.39 is 0 Å². The van der Waals surface area contributed by atoms with E-state index in [9.17, 15) is 4.79 Å². The third-order valence-electron chi connectivity index (χ3n) is 9.80. The molecule has 3 saturated carbocycles. The van der Waals surface area contributed by atoms with Gasteiger partial charge in [0.05, 0.1) is 5.71 Å². The Labute approximate surface area is 215 Å². The molecule has 0 bridgehead atoms. The molecule has 0 amide bonds. The molecule has 0 heterocycles. The van der Waals surface area contributed by atoms with E-state index in [-0.39, 0.29) is 22.9 Å². The van der Waals surface area contributed by atoms with Crippen LogP contribution in [0.2, 0.25) is 0 Å². The minimum Gasteiger partial charge on any atom is -0.462 e. The van der Waals surface area contributed by atoms with Gasteiger partial charge in [-0.15, -0.1) is 0 Å². The second-order valence-corrected chi connectivity index (χ2v) is 12.0. The Bertz CT molecular complexity index is 1040. The van der Waals surface area contributed by atoms with Gasteiger partial charge >= 0.3 is 5.97 Å². The average molecular weight is 494 g/mol. The number of nitrogens with one attached hydrogen (secondary N) is 2. The number of hydrogen-bond acceptors (Lipinski definition) is 4. The van der Waals surface area contributed by atoms with Crippen LogP contribution in [0.5, 0.6) is 0 Å².